The maximum atomic E-state index is 11.8. The molecule has 0 amide bonds. The number of para-hydroxylation sites is 1. The van der Waals surface area contributed by atoms with Gasteiger partial charge in [-0.3, -0.25) is 4.90 Å². The number of piperazine rings is 1. The van der Waals surface area contributed by atoms with Gasteiger partial charge in [-0.05, 0) is 12.1 Å². The lowest BCUT2D eigenvalue weighted by Crippen LogP contribution is -2.47. The van der Waals surface area contributed by atoms with Crippen molar-refractivity contribution in [3.8, 4) is 0 Å². The van der Waals surface area contributed by atoms with E-state index in [1.54, 1.807) is 6.07 Å². The van der Waals surface area contributed by atoms with Crippen molar-refractivity contribution in [2.45, 2.75) is 0 Å². The van der Waals surface area contributed by atoms with E-state index in [1.165, 1.54) is 7.11 Å². The Balaban J connectivity index is 2.09. The highest BCUT2D eigenvalue weighted by Gasteiger charge is 2.21. The zero-order valence-corrected chi connectivity index (χ0v) is 11.2. The number of carbonyl (C=O) groups excluding carboxylic acids is 1. The molecule has 0 bridgehead atoms. The van der Waals surface area contributed by atoms with Gasteiger partial charge in [0.2, 0.25) is 0 Å². The quantitative estimate of drug-likeness (QED) is 0.807. The van der Waals surface area contributed by atoms with Gasteiger partial charge in [0.1, 0.15) is 0 Å². The Bertz CT molecular complexity index is 428. The summed E-state index contributed by atoms with van der Waals surface area (Å²) in [7, 11) is 1.40. The van der Waals surface area contributed by atoms with E-state index in [0.29, 0.717) is 12.1 Å². The number of hydrogen-bond donors (Lipinski definition) is 1. The first-order valence-electron chi connectivity index (χ1n) is 6.51. The van der Waals surface area contributed by atoms with Crippen LogP contribution in [0.25, 0.3) is 0 Å². The summed E-state index contributed by atoms with van der Waals surface area (Å²) in [4.78, 5) is 16.2. The molecule has 1 fully saturated rings. The predicted octanol–water partition coefficient (Wildman–Crippen LogP) is 0.587. The van der Waals surface area contributed by atoms with E-state index in [9.17, 15) is 4.79 Å². The van der Waals surface area contributed by atoms with Crippen molar-refractivity contribution in [2.75, 3.05) is 51.3 Å². The van der Waals surface area contributed by atoms with Gasteiger partial charge in [0, 0.05) is 32.7 Å². The maximum absolute atomic E-state index is 11.8. The van der Waals surface area contributed by atoms with Crippen LogP contribution in [0.4, 0.5) is 5.69 Å². The van der Waals surface area contributed by atoms with Gasteiger partial charge in [-0.1, -0.05) is 12.1 Å². The van der Waals surface area contributed by atoms with E-state index in [0.717, 1.165) is 31.9 Å². The standard InChI is InChI=1S/C14H20N2O3/c1-19-14(18)12-4-2-3-5-13(12)16-8-6-15(7-9-16)10-11-17/h2-5,17H,6-11H2,1H3. The normalized spacial score (nSPS) is 16.4. The van der Waals surface area contributed by atoms with E-state index in [1.807, 2.05) is 18.2 Å². The molecule has 5 nitrogen and oxygen atoms in total. The fourth-order valence-corrected chi connectivity index (χ4v) is 2.39. The van der Waals surface area contributed by atoms with Crippen LogP contribution < -0.4 is 4.90 Å². The van der Waals surface area contributed by atoms with Gasteiger partial charge in [0.05, 0.1) is 25.0 Å². The summed E-state index contributed by atoms with van der Waals surface area (Å²) >= 11 is 0. The number of aliphatic hydroxyl groups excluding tert-OH is 1. The molecule has 0 aliphatic carbocycles. The fourth-order valence-electron chi connectivity index (χ4n) is 2.39. The molecule has 19 heavy (non-hydrogen) atoms. The van der Waals surface area contributed by atoms with Crippen molar-refractivity contribution in [1.29, 1.82) is 0 Å². The van der Waals surface area contributed by atoms with E-state index in [2.05, 4.69) is 9.80 Å². The van der Waals surface area contributed by atoms with Crippen LogP contribution in [0.1, 0.15) is 10.4 Å². The Morgan fingerprint density at radius 3 is 2.58 bits per heavy atom. The highest BCUT2D eigenvalue weighted by atomic mass is 16.5. The number of hydrogen-bond acceptors (Lipinski definition) is 5. The third kappa shape index (κ3) is 3.24. The highest BCUT2D eigenvalue weighted by molar-refractivity contribution is 5.95. The second-order valence-corrected chi connectivity index (χ2v) is 4.56. The van der Waals surface area contributed by atoms with Gasteiger partial charge in [-0.25, -0.2) is 4.79 Å². The molecule has 5 heteroatoms. The largest absolute Gasteiger partial charge is 0.465 e. The molecule has 0 radical (unpaired) electrons. The predicted molar refractivity (Wildman–Crippen MR) is 73.5 cm³/mol. The zero-order valence-electron chi connectivity index (χ0n) is 11.2. The van der Waals surface area contributed by atoms with Crippen molar-refractivity contribution < 1.29 is 14.6 Å². The van der Waals surface area contributed by atoms with Crippen LogP contribution in [0.15, 0.2) is 24.3 Å². The minimum Gasteiger partial charge on any atom is -0.465 e. The van der Waals surface area contributed by atoms with Crippen molar-refractivity contribution >= 4 is 11.7 Å². The lowest BCUT2D eigenvalue weighted by Gasteiger charge is -2.36. The molecule has 1 N–H and O–H groups in total. The van der Waals surface area contributed by atoms with E-state index in [4.69, 9.17) is 9.84 Å². The van der Waals surface area contributed by atoms with E-state index >= 15 is 0 Å². The van der Waals surface area contributed by atoms with Crippen molar-refractivity contribution in [3.63, 3.8) is 0 Å². The topological polar surface area (TPSA) is 53.0 Å². The molecule has 1 aromatic carbocycles. The molecule has 1 heterocycles. The van der Waals surface area contributed by atoms with Crippen LogP contribution in [0.5, 0.6) is 0 Å². The third-order valence-electron chi connectivity index (χ3n) is 3.44. The molecule has 0 atom stereocenters. The average Bonchev–Trinajstić information content (AvgIpc) is 2.47. The molecule has 1 aliphatic rings. The summed E-state index contributed by atoms with van der Waals surface area (Å²) in [5.74, 6) is -0.298. The van der Waals surface area contributed by atoms with Gasteiger partial charge in [0.25, 0.3) is 0 Å². The second-order valence-electron chi connectivity index (χ2n) is 4.56. The average molecular weight is 264 g/mol. The molecule has 104 valence electrons. The fraction of sp³-hybridized carbons (Fsp3) is 0.500. The smallest absolute Gasteiger partial charge is 0.339 e. The van der Waals surface area contributed by atoms with Crippen LogP contribution in [-0.2, 0) is 4.74 Å². The maximum Gasteiger partial charge on any atom is 0.339 e. The van der Waals surface area contributed by atoms with Gasteiger partial charge in [-0.15, -0.1) is 0 Å². The van der Waals surface area contributed by atoms with Crippen molar-refractivity contribution in [3.05, 3.63) is 29.8 Å². The Morgan fingerprint density at radius 2 is 1.95 bits per heavy atom. The van der Waals surface area contributed by atoms with Crippen LogP contribution in [-0.4, -0.2) is 62.4 Å². The lowest BCUT2D eigenvalue weighted by molar-refractivity contribution is 0.0601. The minimum atomic E-state index is -0.298. The van der Waals surface area contributed by atoms with E-state index in [-0.39, 0.29) is 12.6 Å². The molecular formula is C14H20N2O3. The summed E-state index contributed by atoms with van der Waals surface area (Å²) in [5, 5.41) is 8.93. The van der Waals surface area contributed by atoms with Crippen LogP contribution in [0, 0.1) is 0 Å². The van der Waals surface area contributed by atoms with Crippen LogP contribution >= 0.6 is 0 Å². The molecule has 0 unspecified atom stereocenters. The number of methoxy groups -OCH3 is 1. The summed E-state index contributed by atoms with van der Waals surface area (Å²) in [5.41, 5.74) is 1.54. The molecule has 0 saturated carbocycles. The lowest BCUT2D eigenvalue weighted by atomic mass is 10.1. The molecular weight excluding hydrogens is 244 g/mol. The van der Waals surface area contributed by atoms with Crippen LogP contribution in [0.2, 0.25) is 0 Å². The zero-order chi connectivity index (χ0) is 13.7. The van der Waals surface area contributed by atoms with Gasteiger partial charge < -0.3 is 14.7 Å². The van der Waals surface area contributed by atoms with Crippen molar-refractivity contribution in [1.82, 2.24) is 4.90 Å². The van der Waals surface area contributed by atoms with Gasteiger partial charge >= 0.3 is 5.97 Å². The number of β-amino-alcohol motifs (C(OH)–C–C–N with tert-alkyl or cyclic N) is 1. The first kappa shape index (κ1) is 13.8. The number of ether oxygens (including phenoxy) is 1. The summed E-state index contributed by atoms with van der Waals surface area (Å²) in [6.45, 7) is 4.42. The molecule has 0 spiro atoms. The Labute approximate surface area is 113 Å². The van der Waals surface area contributed by atoms with Crippen LogP contribution in [0.3, 0.4) is 0 Å². The summed E-state index contributed by atoms with van der Waals surface area (Å²) in [6.07, 6.45) is 0. The first-order valence-corrected chi connectivity index (χ1v) is 6.51. The monoisotopic (exact) mass is 264 g/mol. The summed E-state index contributed by atoms with van der Waals surface area (Å²) < 4.78 is 4.82. The van der Waals surface area contributed by atoms with Gasteiger partial charge in [0.15, 0.2) is 0 Å². The number of carbonyl (C=O) groups is 1. The number of benzene rings is 1. The molecule has 1 saturated heterocycles. The molecule has 1 aliphatic heterocycles. The number of nitrogens with zero attached hydrogens (tertiary/aromatic N) is 2. The molecule has 0 aromatic heterocycles. The number of rotatable bonds is 4. The third-order valence-corrected chi connectivity index (χ3v) is 3.44. The SMILES string of the molecule is COC(=O)c1ccccc1N1CCN(CCO)CC1. The Morgan fingerprint density at radius 1 is 1.26 bits per heavy atom. The highest BCUT2D eigenvalue weighted by Crippen LogP contribution is 2.22. The summed E-state index contributed by atoms with van der Waals surface area (Å²) in [6, 6.07) is 7.52. The van der Waals surface area contributed by atoms with Gasteiger partial charge in [-0.2, -0.15) is 0 Å². The van der Waals surface area contributed by atoms with Crippen molar-refractivity contribution in [2.24, 2.45) is 0 Å². The molecule has 2 rings (SSSR count). The first-order chi connectivity index (χ1) is 9.26. The minimum absolute atomic E-state index is 0.193. The Kier molecular flexibility index (Phi) is 4.76. The van der Waals surface area contributed by atoms with E-state index < -0.39 is 0 Å². The molecule has 1 aromatic rings. The number of anilines is 1. The second kappa shape index (κ2) is 6.54. The Hall–Kier alpha value is -1.59. The number of esters is 1. The number of aliphatic hydroxyl groups is 1.